The topological polar surface area (TPSA) is 32.9 Å². The van der Waals surface area contributed by atoms with E-state index in [9.17, 15) is 4.79 Å². The van der Waals surface area contributed by atoms with Crippen molar-refractivity contribution < 1.29 is 4.79 Å². The van der Waals surface area contributed by atoms with E-state index >= 15 is 0 Å². The van der Waals surface area contributed by atoms with Crippen LogP contribution in [0.1, 0.15) is 0 Å². The minimum Gasteiger partial charge on any atom is -0.297 e. The van der Waals surface area contributed by atoms with Crippen molar-refractivity contribution in [1.82, 2.24) is 4.98 Å². The fraction of sp³-hybridized carbons (Fsp3) is 0. The molecule has 1 N–H and O–H groups in total. The molecule has 1 aromatic heterocycles. The fourth-order valence-corrected chi connectivity index (χ4v) is 2.81. The lowest BCUT2D eigenvalue weighted by Gasteiger charge is -1.82. The van der Waals surface area contributed by atoms with E-state index in [1.807, 2.05) is 24.3 Å². The zero-order valence-electron chi connectivity index (χ0n) is 6.11. The monoisotopic (exact) mass is 196 g/mol. The zero-order valence-corrected chi connectivity index (χ0v) is 7.74. The van der Waals surface area contributed by atoms with Crippen molar-refractivity contribution in [3.05, 3.63) is 28.2 Å². The summed E-state index contributed by atoms with van der Waals surface area (Å²) >= 11 is 5.01. The van der Waals surface area contributed by atoms with Gasteiger partial charge in [-0.25, -0.2) is 0 Å². The standard InChI is InChI=1S/C8H5NOS2/c10-5-12-7-4-2-1-3-6(7)9-8(12)11/h1-5H/p+1. The van der Waals surface area contributed by atoms with Gasteiger partial charge in [-0.15, -0.1) is 0 Å². The number of aromatic nitrogens is 1. The van der Waals surface area contributed by atoms with E-state index in [0.29, 0.717) is 3.95 Å². The molecule has 0 aliphatic carbocycles. The number of benzene rings is 1. The van der Waals surface area contributed by atoms with Gasteiger partial charge in [0.15, 0.2) is 0 Å². The molecule has 0 radical (unpaired) electrons. The molecule has 1 aromatic carbocycles. The number of thiazole rings is 1. The predicted molar refractivity (Wildman–Crippen MR) is 53.8 cm³/mol. The van der Waals surface area contributed by atoms with Gasteiger partial charge in [0, 0.05) is 10.5 Å². The Bertz CT molecular complexity index is 483. The molecule has 4 heteroatoms. The highest BCUT2D eigenvalue weighted by Gasteiger charge is 2.10. The van der Waals surface area contributed by atoms with Crippen molar-refractivity contribution >= 4 is 38.5 Å². The number of rotatable bonds is 1. The second kappa shape index (κ2) is 2.80. The molecule has 2 aromatic rings. The van der Waals surface area contributed by atoms with Gasteiger partial charge in [-0.3, -0.25) is 9.78 Å². The molecule has 60 valence electrons. The molecule has 1 atom stereocenters. The molecule has 0 amide bonds. The summed E-state index contributed by atoms with van der Waals surface area (Å²) in [5, 5.41) is 0. The summed E-state index contributed by atoms with van der Waals surface area (Å²) in [5.41, 5.74) is 1.87. The summed E-state index contributed by atoms with van der Waals surface area (Å²) < 4.78 is 1.64. The van der Waals surface area contributed by atoms with Crippen LogP contribution in [-0.2, 0) is 4.79 Å². The maximum Gasteiger partial charge on any atom is 0.364 e. The van der Waals surface area contributed by atoms with E-state index in [1.54, 1.807) is 0 Å². The van der Waals surface area contributed by atoms with E-state index < -0.39 is 10.5 Å². The number of para-hydroxylation sites is 1. The van der Waals surface area contributed by atoms with Gasteiger partial charge < -0.3 is 0 Å². The van der Waals surface area contributed by atoms with Gasteiger partial charge in [0.05, 0.1) is 5.52 Å². The quantitative estimate of drug-likeness (QED) is 0.432. The molecule has 1 unspecified atom stereocenters. The van der Waals surface area contributed by atoms with Crippen LogP contribution in [-0.4, -0.2) is 10.6 Å². The van der Waals surface area contributed by atoms with Gasteiger partial charge in [-0.1, -0.05) is 12.1 Å². The summed E-state index contributed by atoms with van der Waals surface area (Å²) in [6, 6.07) is 7.70. The van der Waals surface area contributed by atoms with E-state index in [-0.39, 0.29) is 0 Å². The van der Waals surface area contributed by atoms with Crippen LogP contribution in [0.2, 0.25) is 0 Å². The van der Waals surface area contributed by atoms with Crippen molar-refractivity contribution in [3.63, 3.8) is 0 Å². The second-order valence-electron chi connectivity index (χ2n) is 2.34. The first-order chi connectivity index (χ1) is 5.83. The van der Waals surface area contributed by atoms with Gasteiger partial charge in [0.2, 0.25) is 0 Å². The Labute approximate surface area is 76.8 Å². The van der Waals surface area contributed by atoms with Gasteiger partial charge in [0.25, 0.3) is 17.8 Å². The maximum absolute atomic E-state index is 10.7. The lowest BCUT2D eigenvalue weighted by Crippen LogP contribution is -1.63. The summed E-state index contributed by atoms with van der Waals surface area (Å²) in [6.45, 7) is 0. The largest absolute Gasteiger partial charge is 0.364 e. The Kier molecular flexibility index (Phi) is 1.78. The number of aromatic amines is 1. The molecule has 0 fully saturated rings. The van der Waals surface area contributed by atoms with E-state index in [1.165, 1.54) is 0 Å². The van der Waals surface area contributed by atoms with Crippen LogP contribution in [0.15, 0.2) is 24.3 Å². The third kappa shape index (κ3) is 1.00. The first kappa shape index (κ1) is 7.64. The molecule has 0 aliphatic heterocycles. The van der Waals surface area contributed by atoms with Crippen molar-refractivity contribution in [2.24, 2.45) is 0 Å². The van der Waals surface area contributed by atoms with Gasteiger partial charge in [0.1, 0.15) is 4.70 Å². The lowest BCUT2D eigenvalue weighted by molar-refractivity contribution is 0.569. The number of carbonyl (C=O) groups is 1. The highest BCUT2D eigenvalue weighted by Crippen LogP contribution is 2.27. The van der Waals surface area contributed by atoms with Crippen LogP contribution in [0.5, 0.6) is 0 Å². The van der Waals surface area contributed by atoms with Crippen molar-refractivity contribution in [2.75, 3.05) is 0 Å². The molecule has 0 saturated carbocycles. The number of carbonyl (C=O) groups excluding carboxylic acids is 1. The van der Waals surface area contributed by atoms with E-state index in [2.05, 4.69) is 4.98 Å². The Morgan fingerprint density at radius 2 is 2.17 bits per heavy atom. The van der Waals surface area contributed by atoms with Gasteiger partial charge >= 0.3 is 3.95 Å². The number of H-pyrrole nitrogens is 1. The number of hydrogen-bond donors (Lipinski definition) is 1. The summed E-state index contributed by atoms with van der Waals surface area (Å²) in [6.07, 6.45) is 0. The molecular weight excluding hydrogens is 190 g/mol. The minimum absolute atomic E-state index is 0.514. The Morgan fingerprint density at radius 3 is 2.92 bits per heavy atom. The van der Waals surface area contributed by atoms with Crippen LogP contribution < -0.4 is 0 Å². The fourth-order valence-electron chi connectivity index (χ4n) is 1.12. The molecule has 0 saturated heterocycles. The van der Waals surface area contributed by atoms with E-state index in [0.717, 1.165) is 15.8 Å². The summed E-state index contributed by atoms with van der Waals surface area (Å²) in [7, 11) is -0.514. The SMILES string of the molecule is O=C[s+]1c(=S)[nH]c2ccccc21. The maximum atomic E-state index is 10.7. The Hall–Kier alpha value is -1.00. The van der Waals surface area contributed by atoms with Gasteiger partial charge in [-0.05, 0) is 12.1 Å². The minimum atomic E-state index is -0.514. The molecular formula is C8H6NOS2+. The molecule has 1 heterocycles. The van der Waals surface area contributed by atoms with Crippen molar-refractivity contribution in [3.8, 4) is 0 Å². The lowest BCUT2D eigenvalue weighted by atomic mass is 10.3. The number of hydrogen-bond acceptors (Lipinski definition) is 2. The zero-order chi connectivity index (χ0) is 8.55. The third-order valence-corrected chi connectivity index (χ3v) is 3.82. The number of nitrogens with one attached hydrogen (secondary N) is 1. The van der Waals surface area contributed by atoms with Gasteiger partial charge in [-0.2, -0.15) is 0 Å². The predicted octanol–water partition coefficient (Wildman–Crippen LogP) is 2.68. The molecule has 12 heavy (non-hydrogen) atoms. The Morgan fingerprint density at radius 1 is 1.42 bits per heavy atom. The molecule has 2 rings (SSSR count). The number of fused-ring (bicyclic) bond motifs is 1. The molecule has 0 spiro atoms. The summed E-state index contributed by atoms with van der Waals surface area (Å²) in [5.74, 6) is 0. The van der Waals surface area contributed by atoms with Crippen molar-refractivity contribution in [2.45, 2.75) is 0 Å². The van der Waals surface area contributed by atoms with Crippen LogP contribution in [0, 0.1) is 3.95 Å². The van der Waals surface area contributed by atoms with Crippen LogP contribution in [0.25, 0.3) is 10.2 Å². The average Bonchev–Trinajstić information content (AvgIpc) is 2.40. The molecule has 0 aliphatic rings. The van der Waals surface area contributed by atoms with Crippen LogP contribution >= 0.6 is 22.7 Å². The molecule has 0 bridgehead atoms. The van der Waals surface area contributed by atoms with E-state index in [4.69, 9.17) is 12.2 Å². The second-order valence-corrected chi connectivity index (χ2v) is 4.73. The van der Waals surface area contributed by atoms with Crippen LogP contribution in [0.3, 0.4) is 0 Å². The highest BCUT2D eigenvalue weighted by atomic mass is 32.2. The highest BCUT2D eigenvalue weighted by molar-refractivity contribution is 7.76. The smallest absolute Gasteiger partial charge is 0.297 e. The third-order valence-electron chi connectivity index (χ3n) is 1.66. The summed E-state index contributed by atoms with van der Waals surface area (Å²) in [4.78, 5) is 13.7. The first-order valence-electron chi connectivity index (χ1n) is 3.41. The van der Waals surface area contributed by atoms with Crippen LogP contribution in [0.4, 0.5) is 0 Å². The first-order valence-corrected chi connectivity index (χ1v) is 5.11. The average molecular weight is 196 g/mol. The van der Waals surface area contributed by atoms with Crippen molar-refractivity contribution in [1.29, 1.82) is 0 Å². The normalized spacial score (nSPS) is 11.8. The molecule has 2 nitrogen and oxygen atoms in total. The Balaban J connectivity index is 3.00.